The number of thiophene rings is 1. The summed E-state index contributed by atoms with van der Waals surface area (Å²) < 4.78 is 2.00. The van der Waals surface area contributed by atoms with Crippen LogP contribution in [-0.2, 0) is 4.79 Å². The zero-order valence-electron chi connectivity index (χ0n) is 14.9. The second kappa shape index (κ2) is 7.87. The Kier molecular flexibility index (Phi) is 5.15. The van der Waals surface area contributed by atoms with E-state index in [0.717, 1.165) is 30.9 Å². The second-order valence-corrected chi connectivity index (χ2v) is 7.46. The van der Waals surface area contributed by atoms with E-state index in [0.29, 0.717) is 25.1 Å². The molecule has 8 heteroatoms. The molecule has 0 spiro atoms. The van der Waals surface area contributed by atoms with Gasteiger partial charge in [-0.25, -0.2) is 0 Å². The van der Waals surface area contributed by atoms with Gasteiger partial charge in [0.2, 0.25) is 5.91 Å². The number of carbonyl (C=O) groups excluding carboxylic acids is 2. The number of aromatic nitrogens is 3. The highest BCUT2D eigenvalue weighted by Crippen LogP contribution is 2.26. The lowest BCUT2D eigenvalue weighted by Crippen LogP contribution is -2.41. The van der Waals surface area contributed by atoms with Gasteiger partial charge in [-0.3, -0.25) is 14.0 Å². The molecule has 3 aromatic rings. The highest BCUT2D eigenvalue weighted by molar-refractivity contribution is 7.08. The predicted molar refractivity (Wildman–Crippen MR) is 103 cm³/mol. The molecule has 1 aliphatic heterocycles. The summed E-state index contributed by atoms with van der Waals surface area (Å²) in [5.41, 5.74) is 1.47. The number of hydrogen-bond acceptors (Lipinski definition) is 5. The highest BCUT2D eigenvalue weighted by atomic mass is 32.1. The lowest BCUT2D eigenvalue weighted by atomic mass is 9.97. The van der Waals surface area contributed by atoms with Crippen LogP contribution >= 0.6 is 11.3 Å². The third-order valence-electron chi connectivity index (χ3n) is 4.89. The van der Waals surface area contributed by atoms with Gasteiger partial charge in [-0.05, 0) is 36.4 Å². The number of hydrogen-bond donors (Lipinski definition) is 1. The fourth-order valence-corrected chi connectivity index (χ4v) is 4.13. The van der Waals surface area contributed by atoms with Crippen molar-refractivity contribution < 1.29 is 9.59 Å². The average molecular weight is 383 g/mol. The van der Waals surface area contributed by atoms with Crippen molar-refractivity contribution in [1.82, 2.24) is 24.8 Å². The molecule has 1 fully saturated rings. The molecule has 27 heavy (non-hydrogen) atoms. The first-order chi connectivity index (χ1) is 13.2. The predicted octanol–water partition coefficient (Wildman–Crippen LogP) is 2.32. The second-order valence-electron chi connectivity index (χ2n) is 6.68. The van der Waals surface area contributed by atoms with Gasteiger partial charge in [-0.15, -0.1) is 10.2 Å². The maximum absolute atomic E-state index is 12.6. The minimum atomic E-state index is -0.129. The summed E-state index contributed by atoms with van der Waals surface area (Å²) in [5, 5.41) is 15.0. The van der Waals surface area contributed by atoms with Gasteiger partial charge in [0, 0.05) is 49.1 Å². The monoisotopic (exact) mass is 383 g/mol. The van der Waals surface area contributed by atoms with E-state index in [9.17, 15) is 9.59 Å². The summed E-state index contributed by atoms with van der Waals surface area (Å²) in [6.07, 6.45) is 4.21. The van der Waals surface area contributed by atoms with Crippen molar-refractivity contribution in [2.24, 2.45) is 0 Å². The van der Waals surface area contributed by atoms with Crippen molar-refractivity contribution in [3.8, 4) is 0 Å². The van der Waals surface area contributed by atoms with Crippen LogP contribution in [0.15, 0.2) is 41.2 Å². The Morgan fingerprint density at radius 2 is 2.19 bits per heavy atom. The molecule has 1 saturated heterocycles. The van der Waals surface area contributed by atoms with Crippen LogP contribution < -0.4 is 5.32 Å². The first kappa shape index (κ1) is 17.7. The lowest BCUT2D eigenvalue weighted by molar-refractivity contribution is -0.132. The van der Waals surface area contributed by atoms with Crippen LogP contribution in [0.25, 0.3) is 5.65 Å². The zero-order valence-corrected chi connectivity index (χ0v) is 15.7. The normalized spacial score (nSPS) is 17.2. The molecule has 2 amide bonds. The van der Waals surface area contributed by atoms with Crippen LogP contribution in [0.5, 0.6) is 0 Å². The van der Waals surface area contributed by atoms with Crippen LogP contribution in [0, 0.1) is 0 Å². The fourth-order valence-electron chi connectivity index (χ4n) is 3.49. The summed E-state index contributed by atoms with van der Waals surface area (Å²) in [5.74, 6) is 1.03. The number of pyridine rings is 1. The van der Waals surface area contributed by atoms with Gasteiger partial charge in [0.05, 0.1) is 0 Å². The molecule has 1 aliphatic rings. The van der Waals surface area contributed by atoms with E-state index in [4.69, 9.17) is 0 Å². The van der Waals surface area contributed by atoms with E-state index in [1.807, 2.05) is 39.1 Å². The molecule has 7 nitrogen and oxygen atoms in total. The van der Waals surface area contributed by atoms with Crippen molar-refractivity contribution in [2.75, 3.05) is 19.6 Å². The highest BCUT2D eigenvalue weighted by Gasteiger charge is 2.27. The number of nitrogens with one attached hydrogen (secondary N) is 1. The topological polar surface area (TPSA) is 79.6 Å². The molecule has 140 valence electrons. The Labute approximate surface area is 161 Å². The molecular weight excluding hydrogens is 362 g/mol. The van der Waals surface area contributed by atoms with Gasteiger partial charge in [0.15, 0.2) is 5.65 Å². The molecule has 0 aliphatic carbocycles. The Balaban J connectivity index is 1.34. The van der Waals surface area contributed by atoms with E-state index < -0.39 is 0 Å². The van der Waals surface area contributed by atoms with Crippen LogP contribution in [0.4, 0.5) is 0 Å². The van der Waals surface area contributed by atoms with Crippen LogP contribution in [-0.4, -0.2) is 50.9 Å². The van der Waals surface area contributed by atoms with Crippen LogP contribution in [0.1, 0.15) is 41.4 Å². The lowest BCUT2D eigenvalue weighted by Gasteiger charge is -2.32. The molecular formula is C19H21N5O2S. The number of amides is 2. The fraction of sp³-hybridized carbons (Fsp3) is 0.368. The summed E-state index contributed by atoms with van der Waals surface area (Å²) in [6.45, 7) is 1.75. The van der Waals surface area contributed by atoms with Crippen LogP contribution in [0.2, 0.25) is 0 Å². The number of piperidine rings is 1. The first-order valence-electron chi connectivity index (χ1n) is 9.10. The first-order valence-corrected chi connectivity index (χ1v) is 10.0. The van der Waals surface area contributed by atoms with Gasteiger partial charge in [-0.2, -0.15) is 11.3 Å². The van der Waals surface area contributed by atoms with Gasteiger partial charge in [0.1, 0.15) is 5.82 Å². The number of rotatable bonds is 5. The minimum Gasteiger partial charge on any atom is -0.351 e. The molecule has 3 aromatic heterocycles. The summed E-state index contributed by atoms with van der Waals surface area (Å²) in [7, 11) is 0. The van der Waals surface area contributed by atoms with E-state index in [1.165, 1.54) is 11.3 Å². The third kappa shape index (κ3) is 3.85. The van der Waals surface area contributed by atoms with Gasteiger partial charge < -0.3 is 10.2 Å². The van der Waals surface area contributed by atoms with Crippen molar-refractivity contribution in [2.45, 2.75) is 25.2 Å². The van der Waals surface area contributed by atoms with Gasteiger partial charge >= 0.3 is 0 Å². The summed E-state index contributed by atoms with van der Waals surface area (Å²) >= 11 is 1.48. The van der Waals surface area contributed by atoms with E-state index in [1.54, 1.807) is 11.4 Å². The van der Waals surface area contributed by atoms with Crippen LogP contribution in [0.3, 0.4) is 0 Å². The molecule has 1 N–H and O–H groups in total. The van der Waals surface area contributed by atoms with E-state index in [2.05, 4.69) is 15.5 Å². The molecule has 0 bridgehead atoms. The third-order valence-corrected chi connectivity index (χ3v) is 5.57. The quantitative estimate of drug-likeness (QED) is 0.733. The standard InChI is InChI=1S/C19H21N5O2S/c25-17(6-8-20-19(26)15-7-11-27-13-15)23-9-3-4-14(12-23)18-22-21-16-5-1-2-10-24(16)18/h1-2,5,7,10-11,13-14H,3-4,6,8-9,12H2,(H,20,26). The Bertz CT molecular complexity index is 937. The van der Waals surface area contributed by atoms with Crippen molar-refractivity contribution in [1.29, 1.82) is 0 Å². The molecule has 1 atom stereocenters. The number of likely N-dealkylation sites (tertiary alicyclic amines) is 1. The van der Waals surface area contributed by atoms with E-state index >= 15 is 0 Å². The molecule has 0 aromatic carbocycles. The number of nitrogens with zero attached hydrogens (tertiary/aromatic N) is 4. The van der Waals surface area contributed by atoms with E-state index in [-0.39, 0.29) is 17.7 Å². The largest absolute Gasteiger partial charge is 0.351 e. The average Bonchev–Trinajstić information content (AvgIpc) is 3.38. The molecule has 0 radical (unpaired) electrons. The van der Waals surface area contributed by atoms with Gasteiger partial charge in [0.25, 0.3) is 5.91 Å². The SMILES string of the molecule is O=C(NCCC(=O)N1CCCC(c2nnc3ccccn23)C1)c1ccsc1. The Hall–Kier alpha value is -2.74. The number of fused-ring (bicyclic) bond motifs is 1. The van der Waals surface area contributed by atoms with Gasteiger partial charge in [-0.1, -0.05) is 6.07 Å². The molecule has 4 heterocycles. The summed E-state index contributed by atoms with van der Waals surface area (Å²) in [6, 6.07) is 7.61. The Morgan fingerprint density at radius 3 is 3.04 bits per heavy atom. The maximum Gasteiger partial charge on any atom is 0.252 e. The minimum absolute atomic E-state index is 0.0686. The molecule has 4 rings (SSSR count). The molecule has 0 saturated carbocycles. The summed E-state index contributed by atoms with van der Waals surface area (Å²) in [4.78, 5) is 26.4. The zero-order chi connectivity index (χ0) is 18.6. The van der Waals surface area contributed by atoms with Crippen molar-refractivity contribution in [3.05, 3.63) is 52.6 Å². The number of carbonyl (C=O) groups is 2. The molecule has 1 unspecified atom stereocenters. The maximum atomic E-state index is 12.6. The Morgan fingerprint density at radius 1 is 1.26 bits per heavy atom. The smallest absolute Gasteiger partial charge is 0.252 e. The van der Waals surface area contributed by atoms with Crippen molar-refractivity contribution in [3.63, 3.8) is 0 Å². The van der Waals surface area contributed by atoms with Crippen molar-refractivity contribution >= 4 is 28.8 Å².